The number of rotatable bonds is 8. The van der Waals surface area contributed by atoms with Gasteiger partial charge in [-0.05, 0) is 43.7 Å². The highest BCUT2D eigenvalue weighted by molar-refractivity contribution is 6.01. The van der Waals surface area contributed by atoms with E-state index < -0.39 is 5.60 Å². The van der Waals surface area contributed by atoms with E-state index in [-0.39, 0.29) is 11.9 Å². The number of ether oxygens (including phenoxy) is 1. The van der Waals surface area contributed by atoms with Crippen LogP contribution < -0.4 is 0 Å². The van der Waals surface area contributed by atoms with Crippen molar-refractivity contribution >= 4 is 17.0 Å². The number of hydrogen-bond donors (Lipinski definition) is 0. The summed E-state index contributed by atoms with van der Waals surface area (Å²) in [5.74, 6) is -0.250. The molecule has 0 spiro atoms. The van der Waals surface area contributed by atoms with E-state index in [0.29, 0.717) is 0 Å². The van der Waals surface area contributed by atoms with Gasteiger partial charge in [-0.3, -0.25) is 0 Å². The molecule has 0 radical (unpaired) electrons. The number of benzene rings is 5. The zero-order valence-electron chi connectivity index (χ0n) is 23.2. The quantitative estimate of drug-likeness (QED) is 0.139. The summed E-state index contributed by atoms with van der Waals surface area (Å²) < 4.78 is 23.2. The van der Waals surface area contributed by atoms with Crippen LogP contribution in [0, 0.1) is 5.82 Å². The third kappa shape index (κ3) is 4.85. The number of nitrogens with zero attached hydrogens (tertiary/aromatic N) is 1. The Morgan fingerprint density at radius 2 is 1.12 bits per heavy atom. The predicted octanol–water partition coefficient (Wildman–Crippen LogP) is 10.0. The van der Waals surface area contributed by atoms with Gasteiger partial charge in [-0.25, -0.2) is 4.39 Å². The molecule has 0 saturated carbocycles. The fourth-order valence-corrected chi connectivity index (χ4v) is 5.85. The monoisotopic (exact) mass is 537 g/mol. The summed E-state index contributed by atoms with van der Waals surface area (Å²) in [4.78, 5) is 0. The van der Waals surface area contributed by atoms with Crippen molar-refractivity contribution in [1.29, 1.82) is 0 Å². The van der Waals surface area contributed by atoms with Crippen molar-refractivity contribution in [3.05, 3.63) is 174 Å². The third-order valence-corrected chi connectivity index (χ3v) is 7.61. The van der Waals surface area contributed by atoms with Crippen LogP contribution in [0.4, 0.5) is 4.39 Å². The number of fused-ring (bicyclic) bond motifs is 1. The van der Waals surface area contributed by atoms with E-state index in [1.54, 1.807) is 0 Å². The highest BCUT2D eigenvalue weighted by Crippen LogP contribution is 2.42. The molecule has 0 fully saturated rings. The predicted molar refractivity (Wildman–Crippen MR) is 167 cm³/mol. The summed E-state index contributed by atoms with van der Waals surface area (Å²) in [6, 6.07) is 46.4. The van der Waals surface area contributed by atoms with E-state index in [9.17, 15) is 4.39 Å². The molecule has 6 rings (SSSR count). The first-order valence-electron chi connectivity index (χ1n) is 14.0. The van der Waals surface area contributed by atoms with Crippen LogP contribution in [-0.4, -0.2) is 4.57 Å². The highest BCUT2D eigenvalue weighted by atomic mass is 19.1. The highest BCUT2D eigenvalue weighted by Gasteiger charge is 2.37. The molecule has 0 saturated heterocycles. The first-order chi connectivity index (χ1) is 20.1. The van der Waals surface area contributed by atoms with Gasteiger partial charge in [-0.2, -0.15) is 0 Å². The van der Waals surface area contributed by atoms with Crippen molar-refractivity contribution in [2.24, 2.45) is 0 Å². The van der Waals surface area contributed by atoms with Gasteiger partial charge in [0.1, 0.15) is 5.82 Å². The normalized spacial score (nSPS) is 11.9. The average Bonchev–Trinajstić information content (AvgIpc) is 3.35. The van der Waals surface area contributed by atoms with E-state index in [2.05, 4.69) is 85.2 Å². The molecule has 0 aliphatic heterocycles. The SMILES string of the molecule is CC(C)n1c(/C=C/OC(c2ccccc2)(c2ccccc2)c2ccccc2)c(-c2ccc(F)cc2)c2ccccc21. The topological polar surface area (TPSA) is 14.2 Å². The molecule has 1 heterocycles. The van der Waals surface area contributed by atoms with Crippen LogP contribution >= 0.6 is 0 Å². The van der Waals surface area contributed by atoms with Crippen molar-refractivity contribution in [1.82, 2.24) is 4.57 Å². The molecular formula is C38H32FNO. The number of para-hydroxylation sites is 1. The molecule has 0 N–H and O–H groups in total. The second-order valence-corrected chi connectivity index (χ2v) is 10.4. The fraction of sp³-hybridized carbons (Fsp3) is 0.105. The van der Waals surface area contributed by atoms with Gasteiger partial charge in [0.25, 0.3) is 0 Å². The Balaban J connectivity index is 1.56. The first-order valence-corrected chi connectivity index (χ1v) is 14.0. The second-order valence-electron chi connectivity index (χ2n) is 10.4. The minimum Gasteiger partial charge on any atom is -0.481 e. The molecule has 0 aliphatic carbocycles. The van der Waals surface area contributed by atoms with Crippen LogP contribution in [0.2, 0.25) is 0 Å². The van der Waals surface area contributed by atoms with Gasteiger partial charge in [0.05, 0.1) is 12.0 Å². The lowest BCUT2D eigenvalue weighted by atomic mass is 9.80. The summed E-state index contributed by atoms with van der Waals surface area (Å²) in [6.45, 7) is 4.36. The van der Waals surface area contributed by atoms with Crippen LogP contribution in [0.5, 0.6) is 0 Å². The lowest BCUT2D eigenvalue weighted by Gasteiger charge is -2.35. The molecular weight excluding hydrogens is 505 g/mol. The summed E-state index contributed by atoms with van der Waals surface area (Å²) in [5, 5.41) is 1.12. The van der Waals surface area contributed by atoms with Crippen LogP contribution in [0.3, 0.4) is 0 Å². The molecule has 41 heavy (non-hydrogen) atoms. The Bertz CT molecular complexity index is 1670. The van der Waals surface area contributed by atoms with Crippen molar-refractivity contribution in [3.63, 3.8) is 0 Å². The molecule has 5 aromatic carbocycles. The van der Waals surface area contributed by atoms with Gasteiger partial charge >= 0.3 is 0 Å². The van der Waals surface area contributed by atoms with Crippen molar-refractivity contribution in [3.8, 4) is 11.1 Å². The molecule has 6 aromatic rings. The molecule has 202 valence electrons. The summed E-state index contributed by atoms with van der Waals surface area (Å²) in [6.07, 6.45) is 3.88. The van der Waals surface area contributed by atoms with E-state index in [1.165, 1.54) is 12.1 Å². The number of aromatic nitrogens is 1. The van der Waals surface area contributed by atoms with Crippen LogP contribution in [-0.2, 0) is 10.3 Å². The van der Waals surface area contributed by atoms with Gasteiger partial charge in [0, 0.05) is 39.2 Å². The number of hydrogen-bond acceptors (Lipinski definition) is 1. The summed E-state index contributed by atoms with van der Waals surface area (Å²) in [5.41, 5.74) is 6.38. The standard InChI is InChI=1S/C38H32FNO/c1-28(2)40-35-21-13-12-20-34(35)37(29-22-24-33(39)25-23-29)36(40)26-27-41-38(30-14-6-3-7-15-30,31-16-8-4-9-17-31)32-18-10-5-11-19-32/h3-28H,1-2H3/b27-26+. The van der Waals surface area contributed by atoms with Crippen molar-refractivity contribution in [2.45, 2.75) is 25.5 Å². The zero-order valence-corrected chi connectivity index (χ0v) is 23.2. The Kier molecular flexibility index (Phi) is 7.26. The van der Waals surface area contributed by atoms with Gasteiger partial charge in [0.15, 0.2) is 5.60 Å². The zero-order chi connectivity index (χ0) is 28.2. The van der Waals surface area contributed by atoms with Crippen LogP contribution in [0.15, 0.2) is 146 Å². The largest absolute Gasteiger partial charge is 0.481 e. The second kappa shape index (κ2) is 11.3. The molecule has 0 bridgehead atoms. The minimum absolute atomic E-state index is 0.191. The molecule has 3 heteroatoms. The molecule has 0 atom stereocenters. The lowest BCUT2D eigenvalue weighted by molar-refractivity contribution is 0.0996. The first kappa shape index (κ1) is 26.3. The van der Waals surface area contributed by atoms with Gasteiger partial charge in [-0.1, -0.05) is 121 Å². The average molecular weight is 538 g/mol. The maximum Gasteiger partial charge on any atom is 0.183 e. The lowest BCUT2D eigenvalue weighted by Crippen LogP contribution is -2.31. The van der Waals surface area contributed by atoms with Crippen LogP contribution in [0.1, 0.15) is 42.3 Å². The van der Waals surface area contributed by atoms with E-state index in [0.717, 1.165) is 44.4 Å². The molecule has 0 aliphatic rings. The van der Waals surface area contributed by atoms with E-state index in [4.69, 9.17) is 4.74 Å². The van der Waals surface area contributed by atoms with Gasteiger partial charge in [-0.15, -0.1) is 0 Å². The van der Waals surface area contributed by atoms with Crippen LogP contribution in [0.25, 0.3) is 28.1 Å². The summed E-state index contributed by atoms with van der Waals surface area (Å²) in [7, 11) is 0. The van der Waals surface area contributed by atoms with Crippen molar-refractivity contribution in [2.75, 3.05) is 0 Å². The minimum atomic E-state index is -0.870. The molecule has 1 aromatic heterocycles. The fourth-order valence-electron chi connectivity index (χ4n) is 5.85. The van der Waals surface area contributed by atoms with E-state index >= 15 is 0 Å². The Morgan fingerprint density at radius 3 is 1.63 bits per heavy atom. The Labute approximate surface area is 241 Å². The molecule has 0 unspecified atom stereocenters. The molecule has 2 nitrogen and oxygen atoms in total. The van der Waals surface area contributed by atoms with Gasteiger partial charge < -0.3 is 9.30 Å². The van der Waals surface area contributed by atoms with Gasteiger partial charge in [0.2, 0.25) is 0 Å². The summed E-state index contributed by atoms with van der Waals surface area (Å²) >= 11 is 0. The number of halogens is 1. The smallest absolute Gasteiger partial charge is 0.183 e. The Morgan fingerprint density at radius 1 is 0.634 bits per heavy atom. The third-order valence-electron chi connectivity index (χ3n) is 7.61. The molecule has 0 amide bonds. The maximum absolute atomic E-state index is 13.9. The maximum atomic E-state index is 13.9. The van der Waals surface area contributed by atoms with E-state index in [1.807, 2.05) is 73.0 Å². The Hall–Kier alpha value is -4.89. The van der Waals surface area contributed by atoms with Crippen molar-refractivity contribution < 1.29 is 9.13 Å².